The Morgan fingerprint density at radius 1 is 1.40 bits per heavy atom. The minimum atomic E-state index is -0.105. The monoisotopic (exact) mass is 226 g/mol. The van der Waals surface area contributed by atoms with Crippen LogP contribution in [-0.4, -0.2) is 6.54 Å². The predicted octanol–water partition coefficient (Wildman–Crippen LogP) is 2.47. The van der Waals surface area contributed by atoms with Crippen molar-refractivity contribution in [2.45, 2.75) is 33.1 Å². The van der Waals surface area contributed by atoms with E-state index in [1.807, 2.05) is 0 Å². The van der Waals surface area contributed by atoms with Gasteiger partial charge >= 0.3 is 0 Å². The Labute approximate surface area is 95.4 Å². The average Bonchev–Trinajstić information content (AvgIpc) is 2.21. The number of hydrogen-bond donors (Lipinski definition) is 2. The molecule has 1 aromatic rings. The zero-order chi connectivity index (χ0) is 11.4. The predicted molar refractivity (Wildman–Crippen MR) is 67.5 cm³/mol. The van der Waals surface area contributed by atoms with E-state index < -0.39 is 0 Å². The van der Waals surface area contributed by atoms with Gasteiger partial charge in [-0.25, -0.2) is 0 Å². The molecule has 0 aliphatic rings. The summed E-state index contributed by atoms with van der Waals surface area (Å²) in [6, 6.07) is 0. The van der Waals surface area contributed by atoms with Gasteiger partial charge in [0.1, 0.15) is 10.2 Å². The minimum Gasteiger partial charge on any atom is -0.396 e. The normalized spacial score (nSPS) is 11.1. The Hall–Kier alpha value is -0.900. The second kappa shape index (κ2) is 5.26. The Kier molecular flexibility index (Phi) is 4.27. The average molecular weight is 226 g/mol. The molecule has 15 heavy (non-hydrogen) atoms. The van der Waals surface area contributed by atoms with E-state index in [2.05, 4.69) is 19.2 Å². The van der Waals surface area contributed by atoms with Crippen molar-refractivity contribution in [2.75, 3.05) is 17.6 Å². The maximum atomic E-state index is 11.2. The Balaban J connectivity index is 2.22. The van der Waals surface area contributed by atoms with Crippen molar-refractivity contribution in [2.24, 2.45) is 5.92 Å². The summed E-state index contributed by atoms with van der Waals surface area (Å²) in [6.45, 7) is 5.22. The molecule has 1 aromatic carbocycles. The van der Waals surface area contributed by atoms with Crippen LogP contribution in [0.3, 0.4) is 0 Å². The highest BCUT2D eigenvalue weighted by atomic mass is 32.1. The van der Waals surface area contributed by atoms with E-state index in [-0.39, 0.29) is 9.94 Å². The van der Waals surface area contributed by atoms with Gasteiger partial charge in [0.15, 0.2) is 0 Å². The third-order valence-corrected chi connectivity index (χ3v) is 2.86. The molecule has 0 aliphatic carbocycles. The maximum Gasteiger partial charge on any atom is 0.223 e. The number of nitrogens with one attached hydrogen (secondary N) is 1. The molecule has 0 atom stereocenters. The molecule has 0 spiro atoms. The van der Waals surface area contributed by atoms with Crippen molar-refractivity contribution < 1.29 is 0 Å². The van der Waals surface area contributed by atoms with Crippen molar-refractivity contribution in [3.05, 3.63) is 14.7 Å². The Morgan fingerprint density at radius 2 is 2.07 bits per heavy atom. The maximum absolute atomic E-state index is 11.2. The summed E-state index contributed by atoms with van der Waals surface area (Å²) < 4.78 is 0.277. The fourth-order valence-electron chi connectivity index (χ4n) is 1.48. The van der Waals surface area contributed by atoms with Crippen LogP contribution in [0.4, 0.5) is 11.4 Å². The summed E-state index contributed by atoms with van der Waals surface area (Å²) in [6.07, 6.45) is 3.47. The molecule has 0 bridgehead atoms. The largest absolute Gasteiger partial charge is 0.396 e. The van der Waals surface area contributed by atoms with Gasteiger partial charge in [-0.15, -0.1) is 0 Å². The standard InChI is InChI=1S/C11H18N2OS/c1-7(2)5-3-4-6-13-9-8(12)11(15)10(9)14/h7,13H,3-6,12H2,1-2H3. The molecule has 0 fully saturated rings. The first-order valence-electron chi connectivity index (χ1n) is 5.36. The summed E-state index contributed by atoms with van der Waals surface area (Å²) in [5, 5.41) is 3.04. The first kappa shape index (κ1) is 12.2. The summed E-state index contributed by atoms with van der Waals surface area (Å²) in [7, 11) is 0. The van der Waals surface area contributed by atoms with E-state index in [9.17, 15) is 4.79 Å². The summed E-state index contributed by atoms with van der Waals surface area (Å²) >= 11 is 4.77. The van der Waals surface area contributed by atoms with Gasteiger partial charge in [0.05, 0.1) is 5.69 Å². The van der Waals surface area contributed by atoms with Crippen LogP contribution >= 0.6 is 12.2 Å². The lowest BCUT2D eigenvalue weighted by molar-refractivity contribution is 0.545. The summed E-state index contributed by atoms with van der Waals surface area (Å²) in [5.74, 6) is 0.743. The van der Waals surface area contributed by atoms with Crippen LogP contribution < -0.4 is 16.5 Å². The van der Waals surface area contributed by atoms with E-state index in [1.54, 1.807) is 0 Å². The van der Waals surface area contributed by atoms with Gasteiger partial charge in [-0.3, -0.25) is 4.79 Å². The lowest BCUT2D eigenvalue weighted by atomic mass is 10.1. The molecule has 4 heteroatoms. The molecular weight excluding hydrogens is 208 g/mol. The quantitative estimate of drug-likeness (QED) is 0.578. The highest BCUT2D eigenvalue weighted by Crippen LogP contribution is 2.18. The number of unbranched alkanes of at least 4 members (excludes halogenated alkanes) is 1. The van der Waals surface area contributed by atoms with E-state index in [1.165, 1.54) is 12.8 Å². The fraction of sp³-hybridized carbons (Fsp3) is 0.636. The van der Waals surface area contributed by atoms with Gasteiger partial charge in [-0.2, -0.15) is 0 Å². The Bertz CT molecular complexity index is 391. The van der Waals surface area contributed by atoms with E-state index >= 15 is 0 Å². The van der Waals surface area contributed by atoms with Gasteiger partial charge in [0.25, 0.3) is 0 Å². The van der Waals surface area contributed by atoms with Crippen molar-refractivity contribution >= 4 is 23.6 Å². The molecule has 84 valence electrons. The van der Waals surface area contributed by atoms with Gasteiger partial charge in [-0.05, 0) is 12.3 Å². The third-order valence-electron chi connectivity index (χ3n) is 2.46. The highest BCUT2D eigenvalue weighted by molar-refractivity contribution is 7.71. The van der Waals surface area contributed by atoms with Crippen LogP contribution in [-0.2, 0) is 0 Å². The lowest BCUT2D eigenvalue weighted by Crippen LogP contribution is -2.21. The molecule has 0 heterocycles. The highest BCUT2D eigenvalue weighted by Gasteiger charge is 2.13. The SMILES string of the molecule is CC(C)CCCCNc1c(N)c(=S)c1=O. The van der Waals surface area contributed by atoms with Crippen molar-refractivity contribution in [3.8, 4) is 0 Å². The molecule has 0 saturated carbocycles. The van der Waals surface area contributed by atoms with Crippen molar-refractivity contribution in [1.29, 1.82) is 0 Å². The number of anilines is 2. The topological polar surface area (TPSA) is 55.1 Å². The summed E-state index contributed by atoms with van der Waals surface area (Å²) in [5.41, 5.74) is 6.44. The number of rotatable bonds is 6. The summed E-state index contributed by atoms with van der Waals surface area (Å²) in [4.78, 5) is 11.2. The van der Waals surface area contributed by atoms with Crippen molar-refractivity contribution in [3.63, 3.8) is 0 Å². The van der Waals surface area contributed by atoms with Gasteiger partial charge in [-0.1, -0.05) is 38.9 Å². The van der Waals surface area contributed by atoms with Gasteiger partial charge in [0.2, 0.25) is 5.43 Å². The second-order valence-corrected chi connectivity index (χ2v) is 4.67. The lowest BCUT2D eigenvalue weighted by Gasteiger charge is -2.11. The smallest absolute Gasteiger partial charge is 0.223 e. The molecule has 0 amide bonds. The van der Waals surface area contributed by atoms with E-state index in [4.69, 9.17) is 18.0 Å². The van der Waals surface area contributed by atoms with Crippen LogP contribution in [0, 0.1) is 10.4 Å². The fourth-order valence-corrected chi connectivity index (χ4v) is 1.68. The second-order valence-electron chi connectivity index (χ2n) is 4.26. The molecular formula is C11H18N2OS. The molecule has 1 rings (SSSR count). The number of nitrogen functional groups attached to an aromatic ring is 1. The molecule has 0 aromatic heterocycles. The molecule has 0 aliphatic heterocycles. The van der Waals surface area contributed by atoms with Crippen molar-refractivity contribution in [1.82, 2.24) is 0 Å². The number of nitrogens with two attached hydrogens (primary N) is 1. The number of hydrogen-bond acceptors (Lipinski definition) is 4. The molecule has 0 saturated heterocycles. The van der Waals surface area contributed by atoms with E-state index in [0.29, 0.717) is 11.4 Å². The third kappa shape index (κ3) is 3.02. The van der Waals surface area contributed by atoms with Crippen LogP contribution in [0.2, 0.25) is 0 Å². The van der Waals surface area contributed by atoms with E-state index in [0.717, 1.165) is 18.9 Å². The van der Waals surface area contributed by atoms with Crippen LogP contribution in [0.15, 0.2) is 4.79 Å². The van der Waals surface area contributed by atoms with Crippen LogP contribution in [0.1, 0.15) is 33.1 Å². The van der Waals surface area contributed by atoms with Crippen LogP contribution in [0.5, 0.6) is 0 Å². The van der Waals surface area contributed by atoms with Gasteiger partial charge < -0.3 is 11.1 Å². The van der Waals surface area contributed by atoms with Crippen LogP contribution in [0.25, 0.3) is 0 Å². The molecule has 3 nitrogen and oxygen atoms in total. The first-order valence-corrected chi connectivity index (χ1v) is 5.77. The molecule has 3 N–H and O–H groups in total. The zero-order valence-corrected chi connectivity index (χ0v) is 10.1. The zero-order valence-electron chi connectivity index (χ0n) is 9.30. The Morgan fingerprint density at radius 3 is 2.60 bits per heavy atom. The molecule has 0 unspecified atom stereocenters. The first-order chi connectivity index (χ1) is 7.04. The minimum absolute atomic E-state index is 0.105. The van der Waals surface area contributed by atoms with Gasteiger partial charge in [0, 0.05) is 6.54 Å². The molecule has 0 radical (unpaired) electrons.